The van der Waals surface area contributed by atoms with Crippen molar-refractivity contribution in [2.24, 2.45) is 5.92 Å². The van der Waals surface area contributed by atoms with E-state index in [0.29, 0.717) is 7.92 Å². The van der Waals surface area contributed by atoms with Crippen LogP contribution >= 0.6 is 15.8 Å². The molecule has 0 N–H and O–H groups in total. The summed E-state index contributed by atoms with van der Waals surface area (Å²) in [6, 6.07) is 12.3. The van der Waals surface area contributed by atoms with Crippen molar-refractivity contribution < 1.29 is 34.1 Å². The van der Waals surface area contributed by atoms with Gasteiger partial charge in [0.15, 0.2) is 0 Å². The van der Waals surface area contributed by atoms with Gasteiger partial charge in [0.25, 0.3) is 0 Å². The van der Waals surface area contributed by atoms with Gasteiger partial charge in [0.2, 0.25) is 0 Å². The van der Waals surface area contributed by atoms with Crippen LogP contribution in [0.5, 0.6) is 0 Å². The minimum atomic E-state index is 0. The summed E-state index contributed by atoms with van der Waals surface area (Å²) in [7, 11) is 4.95. The molecule has 6 saturated carbocycles. The van der Waals surface area contributed by atoms with E-state index in [0.717, 1.165) is 23.3 Å². The number of benzene rings is 1. The van der Waals surface area contributed by atoms with Gasteiger partial charge < -0.3 is 4.90 Å². The third kappa shape index (κ3) is 12.9. The molecule has 0 radical (unpaired) electrons. The Hall–Kier alpha value is 1.08. The smallest absolute Gasteiger partial charge is 0.00952 e. The van der Waals surface area contributed by atoms with Gasteiger partial charge in [0.05, 0.1) is 0 Å². The fraction of sp³-hybridized carbons (Fsp3) is 0.857. The molecule has 6 aliphatic rings. The molecule has 47 heavy (non-hydrogen) atoms. The molecule has 0 amide bonds. The van der Waals surface area contributed by atoms with Crippen LogP contribution < -0.4 is 5.30 Å². The Morgan fingerprint density at radius 2 is 0.872 bits per heavy atom. The van der Waals surface area contributed by atoms with E-state index in [4.69, 9.17) is 0 Å². The van der Waals surface area contributed by atoms with E-state index in [9.17, 15) is 0 Å². The van der Waals surface area contributed by atoms with Crippen molar-refractivity contribution in [3.05, 3.63) is 30.3 Å². The third-order valence-corrected chi connectivity index (χ3v) is 20.7. The topological polar surface area (TPSA) is 3.24 Å². The molecule has 272 valence electrons. The van der Waals surface area contributed by atoms with Crippen LogP contribution in [0.15, 0.2) is 30.3 Å². The zero-order valence-electron chi connectivity index (χ0n) is 30.9. The van der Waals surface area contributed by atoms with Crippen molar-refractivity contribution in [3.8, 4) is 0 Å². The second kappa shape index (κ2) is 23.6. The van der Waals surface area contributed by atoms with Crippen molar-refractivity contribution in [1.82, 2.24) is 4.90 Å². The summed E-state index contributed by atoms with van der Waals surface area (Å²) in [4.78, 5) is 2.45. The Balaban J connectivity index is 0.000000217. The van der Waals surface area contributed by atoms with Crippen LogP contribution in [0.25, 0.3) is 0 Å². The molecule has 1 aromatic carbocycles. The van der Waals surface area contributed by atoms with Gasteiger partial charge in [-0.2, -0.15) is 0 Å². The van der Waals surface area contributed by atoms with Crippen molar-refractivity contribution in [2.75, 3.05) is 14.1 Å². The monoisotopic (exact) mass is 765 g/mol. The Labute approximate surface area is 316 Å². The first kappa shape index (κ1) is 42.5. The maximum absolute atomic E-state index is 2.45. The zero-order chi connectivity index (χ0) is 31.3. The first-order valence-electron chi connectivity index (χ1n) is 20.4. The first-order valence-corrected chi connectivity index (χ1v) is 23.4. The second-order valence-electron chi connectivity index (χ2n) is 16.3. The van der Waals surface area contributed by atoms with Gasteiger partial charge in [-0.05, 0) is 125 Å². The number of hydrogen-bond acceptors (Lipinski definition) is 1. The van der Waals surface area contributed by atoms with E-state index in [-0.39, 0.29) is 42.1 Å². The van der Waals surface area contributed by atoms with Gasteiger partial charge in [0, 0.05) is 40.2 Å². The van der Waals surface area contributed by atoms with Crippen LogP contribution in [0.3, 0.4) is 0 Å². The van der Waals surface area contributed by atoms with Crippen molar-refractivity contribution in [3.63, 3.8) is 0 Å². The van der Waals surface area contributed by atoms with Crippen LogP contribution in [0.1, 0.15) is 174 Å². The summed E-state index contributed by atoms with van der Waals surface area (Å²) < 4.78 is 0. The van der Waals surface area contributed by atoms with Gasteiger partial charge in [-0.15, -0.1) is 0 Å². The fourth-order valence-electron chi connectivity index (χ4n) is 10.5. The first-order chi connectivity index (χ1) is 22.1. The van der Waals surface area contributed by atoms with E-state index in [1.54, 1.807) is 82.4 Å². The molecule has 0 heterocycles. The normalized spacial score (nSPS) is 27.3. The quantitative estimate of drug-likeness (QED) is 0.188. The molecular formula is C42H73Fe2NP2. The van der Waals surface area contributed by atoms with Crippen molar-refractivity contribution in [1.29, 1.82) is 0 Å². The Kier molecular flexibility index (Phi) is 21.3. The largest absolute Gasteiger partial charge is 0.306 e. The summed E-state index contributed by atoms with van der Waals surface area (Å²) in [5.74, 6) is 0.905. The molecule has 6 fully saturated rings. The predicted molar refractivity (Wildman–Crippen MR) is 206 cm³/mol. The Bertz CT molecular complexity index is 877. The van der Waals surface area contributed by atoms with Gasteiger partial charge >= 0.3 is 0 Å². The van der Waals surface area contributed by atoms with E-state index >= 15 is 0 Å². The molecule has 0 saturated heterocycles. The zero-order valence-corrected chi connectivity index (χ0v) is 34.9. The van der Waals surface area contributed by atoms with Crippen LogP contribution in [0, 0.1) is 5.92 Å². The standard InChI is InChI=1S/C20H32NP.C17H31P.C5H10.2Fe/c1-16(21(2)3)19-14-9-15-20(19)22(18-12-7-8-13-18)17-10-5-4-6-11-17;1-3-9-15(10-4-1)18(17-13-7-8-14-17)16-11-5-2-6-12-16;1-2-4-5-3-1;;/h4-6,10-11,16,18-20H,7-9,12-15H2,1-3H3;15-17H,1-14H2;1-5H2;;/t16-,19-,20-,22-;;;;/m1..../s1. The second-order valence-corrected chi connectivity index (χ2v) is 22.1. The molecule has 5 heteroatoms. The van der Waals surface area contributed by atoms with E-state index < -0.39 is 0 Å². The van der Waals surface area contributed by atoms with Crippen LogP contribution in [-0.4, -0.2) is 53.3 Å². The molecule has 7 rings (SSSR count). The summed E-state index contributed by atoms with van der Waals surface area (Å²) >= 11 is 0. The molecule has 0 unspecified atom stereocenters. The summed E-state index contributed by atoms with van der Waals surface area (Å²) in [5, 5.41) is 1.69. The average molecular weight is 766 g/mol. The minimum Gasteiger partial charge on any atom is -0.306 e. The number of hydrogen-bond donors (Lipinski definition) is 0. The van der Waals surface area contributed by atoms with Crippen LogP contribution in [0.2, 0.25) is 0 Å². The maximum Gasteiger partial charge on any atom is 0.00952 e. The number of nitrogens with zero attached hydrogens (tertiary/aromatic N) is 1. The SMILES string of the molecule is C1CCC(P(C2CCCCC2)C2CCCC2)CC1.C1CCCC1.C[C@H]([C@H]1CCC[C@H]1[P@](c1ccccc1)C1CCCC1)N(C)C.[Fe].[Fe]. The van der Waals surface area contributed by atoms with E-state index in [2.05, 4.69) is 56.3 Å². The van der Waals surface area contributed by atoms with E-state index in [1.165, 1.54) is 107 Å². The van der Waals surface area contributed by atoms with Gasteiger partial charge in [-0.1, -0.05) is 149 Å². The van der Waals surface area contributed by atoms with Crippen LogP contribution in [0.4, 0.5) is 0 Å². The molecule has 6 aliphatic carbocycles. The van der Waals surface area contributed by atoms with Crippen LogP contribution in [-0.2, 0) is 34.1 Å². The van der Waals surface area contributed by atoms with Crippen molar-refractivity contribution in [2.45, 2.75) is 208 Å². The van der Waals surface area contributed by atoms with E-state index in [1.807, 2.05) is 0 Å². The average Bonchev–Trinajstić information content (AvgIpc) is 3.93. The predicted octanol–water partition coefficient (Wildman–Crippen LogP) is 12.9. The molecular weight excluding hydrogens is 692 g/mol. The van der Waals surface area contributed by atoms with Crippen molar-refractivity contribution >= 4 is 21.1 Å². The fourth-order valence-corrected chi connectivity index (χ4v) is 19.2. The summed E-state index contributed by atoms with van der Waals surface area (Å²) in [5.41, 5.74) is 5.54. The Morgan fingerprint density at radius 1 is 0.489 bits per heavy atom. The molecule has 0 aliphatic heterocycles. The molecule has 0 bridgehead atoms. The molecule has 4 atom stereocenters. The van der Waals surface area contributed by atoms with Gasteiger partial charge in [0.1, 0.15) is 0 Å². The molecule has 1 aromatic rings. The maximum atomic E-state index is 2.45. The van der Waals surface area contributed by atoms with Gasteiger partial charge in [-0.25, -0.2) is 0 Å². The third-order valence-electron chi connectivity index (χ3n) is 13.1. The molecule has 0 spiro atoms. The minimum absolute atomic E-state index is 0. The molecule has 0 aromatic heterocycles. The summed E-state index contributed by atoms with van der Waals surface area (Å²) in [6.07, 6.45) is 39.9. The number of rotatable bonds is 8. The van der Waals surface area contributed by atoms with Gasteiger partial charge in [-0.3, -0.25) is 0 Å². The summed E-state index contributed by atoms with van der Waals surface area (Å²) in [6.45, 7) is 2.45. The molecule has 1 nitrogen and oxygen atoms in total. The Morgan fingerprint density at radius 3 is 1.30 bits per heavy atom.